The van der Waals surface area contributed by atoms with Crippen molar-refractivity contribution in [2.75, 3.05) is 11.9 Å². The molecule has 1 N–H and O–H groups in total. The van der Waals surface area contributed by atoms with Crippen LogP contribution in [0.1, 0.15) is 29.3 Å². The van der Waals surface area contributed by atoms with Crippen LogP contribution in [0, 0.1) is 17.1 Å². The second kappa shape index (κ2) is 8.18. The largest absolute Gasteiger partial charge is 0.479 e. The molecular weight excluding hydrogens is 371 g/mol. The number of nitriles is 1. The quantitative estimate of drug-likeness (QED) is 0.768. The zero-order valence-electron chi connectivity index (χ0n) is 14.6. The first-order chi connectivity index (χ1) is 13.0. The number of carbonyl (C=O) groups excluding carboxylic acids is 2. The molecule has 0 radical (unpaired) electrons. The summed E-state index contributed by atoms with van der Waals surface area (Å²) in [5, 5.41) is 12.5. The molecule has 1 heterocycles. The van der Waals surface area contributed by atoms with E-state index in [0.717, 1.165) is 29.7 Å². The summed E-state index contributed by atoms with van der Waals surface area (Å²) < 4.78 is 23.2. The highest BCUT2D eigenvalue weighted by molar-refractivity contribution is 7.16. The van der Waals surface area contributed by atoms with Crippen molar-refractivity contribution in [3.05, 3.63) is 46.1 Å². The number of hydrogen-bond acceptors (Lipinski definition) is 6. The maximum Gasteiger partial charge on any atom is 0.347 e. The van der Waals surface area contributed by atoms with Crippen LogP contribution in [0.4, 0.5) is 9.39 Å². The van der Waals surface area contributed by atoms with Gasteiger partial charge in [0.25, 0.3) is 5.91 Å². The Hall–Kier alpha value is -2.92. The molecule has 1 amide bonds. The minimum Gasteiger partial charge on any atom is -0.479 e. The highest BCUT2D eigenvalue weighted by atomic mass is 32.1. The third-order valence-electron chi connectivity index (χ3n) is 4.09. The lowest BCUT2D eigenvalue weighted by atomic mass is 10.1. The summed E-state index contributed by atoms with van der Waals surface area (Å²) in [4.78, 5) is 25.1. The van der Waals surface area contributed by atoms with E-state index in [1.807, 2.05) is 0 Å². The zero-order valence-corrected chi connectivity index (χ0v) is 15.4. The van der Waals surface area contributed by atoms with Crippen LogP contribution in [-0.2, 0) is 27.2 Å². The first kappa shape index (κ1) is 18.9. The number of fused-ring (bicyclic) bond motifs is 1. The van der Waals surface area contributed by atoms with Crippen molar-refractivity contribution >= 4 is 28.2 Å². The monoisotopic (exact) mass is 388 g/mol. The number of benzene rings is 1. The third-order valence-corrected chi connectivity index (χ3v) is 5.30. The smallest absolute Gasteiger partial charge is 0.347 e. The predicted molar refractivity (Wildman–Crippen MR) is 97.1 cm³/mol. The molecule has 140 valence electrons. The number of amides is 1. The summed E-state index contributed by atoms with van der Waals surface area (Å²) in [7, 11) is 0. The van der Waals surface area contributed by atoms with E-state index in [1.165, 1.54) is 42.5 Å². The van der Waals surface area contributed by atoms with Crippen molar-refractivity contribution in [2.45, 2.75) is 32.3 Å². The van der Waals surface area contributed by atoms with E-state index in [4.69, 9.17) is 9.47 Å². The van der Waals surface area contributed by atoms with E-state index in [1.54, 1.807) is 0 Å². The second-order valence-corrected chi connectivity index (χ2v) is 7.15. The SMILES string of the molecule is C[C@H](Oc1ccc(F)cc1)C(=O)OCC(=O)Nc1sc2c(c1C#N)CCC2. The average Bonchev–Trinajstić information content (AvgIpc) is 3.22. The number of nitrogens with one attached hydrogen (secondary N) is 1. The van der Waals surface area contributed by atoms with Gasteiger partial charge in [0.2, 0.25) is 0 Å². The summed E-state index contributed by atoms with van der Waals surface area (Å²) in [6, 6.07) is 7.35. The highest BCUT2D eigenvalue weighted by Gasteiger charge is 2.24. The Morgan fingerprint density at radius 1 is 1.33 bits per heavy atom. The standard InChI is InChI=1S/C19H17FN2O4S/c1-11(26-13-7-5-12(20)6-8-13)19(24)25-10-17(23)22-18-15(9-21)14-3-2-4-16(14)27-18/h5-8,11H,2-4,10H2,1H3,(H,22,23)/t11-/m0/s1. The minimum absolute atomic E-state index is 0.317. The molecule has 0 fully saturated rings. The molecule has 0 bridgehead atoms. The van der Waals surface area contributed by atoms with Crippen LogP contribution in [0.2, 0.25) is 0 Å². The molecule has 0 saturated heterocycles. The van der Waals surface area contributed by atoms with Crippen LogP contribution in [0.15, 0.2) is 24.3 Å². The number of nitrogens with zero attached hydrogens (tertiary/aromatic N) is 1. The maximum atomic E-state index is 12.9. The lowest BCUT2D eigenvalue weighted by Gasteiger charge is -2.13. The molecule has 1 aromatic heterocycles. The van der Waals surface area contributed by atoms with Gasteiger partial charge in [-0.15, -0.1) is 11.3 Å². The normalized spacial score (nSPS) is 13.4. The molecule has 1 atom stereocenters. The fraction of sp³-hybridized carbons (Fsp3) is 0.316. The molecule has 0 unspecified atom stereocenters. The summed E-state index contributed by atoms with van der Waals surface area (Å²) in [5.74, 6) is -1.33. The highest BCUT2D eigenvalue weighted by Crippen LogP contribution is 2.38. The Balaban J connectivity index is 1.51. The lowest BCUT2D eigenvalue weighted by Crippen LogP contribution is -2.29. The summed E-state index contributed by atoms with van der Waals surface area (Å²) in [6.45, 7) is 0.991. The van der Waals surface area contributed by atoms with E-state index in [2.05, 4.69) is 11.4 Å². The number of aryl methyl sites for hydroxylation is 1. The molecule has 1 aromatic carbocycles. The van der Waals surface area contributed by atoms with E-state index >= 15 is 0 Å². The Kier molecular flexibility index (Phi) is 5.72. The summed E-state index contributed by atoms with van der Waals surface area (Å²) in [5.41, 5.74) is 1.51. The van der Waals surface area contributed by atoms with Crippen LogP contribution in [-0.4, -0.2) is 24.6 Å². The van der Waals surface area contributed by atoms with E-state index in [-0.39, 0.29) is 0 Å². The van der Waals surface area contributed by atoms with Gasteiger partial charge in [-0.3, -0.25) is 4.79 Å². The van der Waals surface area contributed by atoms with Gasteiger partial charge in [0.1, 0.15) is 22.6 Å². The number of rotatable bonds is 6. The number of carbonyl (C=O) groups is 2. The van der Waals surface area contributed by atoms with E-state index in [9.17, 15) is 19.2 Å². The first-order valence-electron chi connectivity index (χ1n) is 8.41. The number of anilines is 1. The van der Waals surface area contributed by atoms with Gasteiger partial charge in [0, 0.05) is 4.88 Å². The van der Waals surface area contributed by atoms with Crippen LogP contribution < -0.4 is 10.1 Å². The number of hydrogen-bond donors (Lipinski definition) is 1. The van der Waals surface area contributed by atoms with Crippen molar-refractivity contribution in [1.82, 2.24) is 0 Å². The minimum atomic E-state index is -0.955. The molecule has 0 saturated carbocycles. The van der Waals surface area contributed by atoms with E-state index in [0.29, 0.717) is 16.3 Å². The van der Waals surface area contributed by atoms with Gasteiger partial charge in [0.15, 0.2) is 12.7 Å². The van der Waals surface area contributed by atoms with Gasteiger partial charge in [-0.05, 0) is 56.0 Å². The Labute approximate surface area is 159 Å². The topological polar surface area (TPSA) is 88.4 Å². The van der Waals surface area contributed by atoms with Crippen LogP contribution in [0.25, 0.3) is 0 Å². The van der Waals surface area contributed by atoms with Gasteiger partial charge in [-0.2, -0.15) is 5.26 Å². The molecular formula is C19H17FN2O4S. The number of esters is 1. The number of ether oxygens (including phenoxy) is 2. The Bertz CT molecular complexity index is 902. The van der Waals surface area contributed by atoms with Crippen molar-refractivity contribution in [3.8, 4) is 11.8 Å². The first-order valence-corrected chi connectivity index (χ1v) is 9.23. The maximum absolute atomic E-state index is 12.9. The van der Waals surface area contributed by atoms with Crippen molar-refractivity contribution in [2.24, 2.45) is 0 Å². The molecule has 0 spiro atoms. The van der Waals surface area contributed by atoms with Gasteiger partial charge in [-0.1, -0.05) is 0 Å². The van der Waals surface area contributed by atoms with E-state index < -0.39 is 30.4 Å². The van der Waals surface area contributed by atoms with Gasteiger partial charge >= 0.3 is 5.97 Å². The molecule has 27 heavy (non-hydrogen) atoms. The lowest BCUT2D eigenvalue weighted by molar-refractivity contribution is -0.153. The number of thiophene rings is 1. The Morgan fingerprint density at radius 2 is 2.07 bits per heavy atom. The third kappa shape index (κ3) is 4.44. The van der Waals surface area contributed by atoms with Crippen molar-refractivity contribution in [3.63, 3.8) is 0 Å². The molecule has 1 aliphatic rings. The molecule has 3 rings (SSSR count). The molecule has 2 aromatic rings. The van der Waals surface area contributed by atoms with Crippen molar-refractivity contribution in [1.29, 1.82) is 5.26 Å². The van der Waals surface area contributed by atoms with Crippen molar-refractivity contribution < 1.29 is 23.5 Å². The fourth-order valence-corrected chi connectivity index (χ4v) is 4.05. The molecule has 0 aliphatic heterocycles. The summed E-state index contributed by atoms with van der Waals surface area (Å²) >= 11 is 1.39. The molecule has 8 heteroatoms. The van der Waals surface area contributed by atoms with Crippen LogP contribution in [0.3, 0.4) is 0 Å². The van der Waals surface area contributed by atoms with Crippen LogP contribution >= 0.6 is 11.3 Å². The second-order valence-electron chi connectivity index (χ2n) is 6.04. The van der Waals surface area contributed by atoms with Gasteiger partial charge in [-0.25, -0.2) is 9.18 Å². The zero-order chi connectivity index (χ0) is 19.4. The average molecular weight is 388 g/mol. The summed E-state index contributed by atoms with van der Waals surface area (Å²) in [6.07, 6.45) is 1.83. The van der Waals surface area contributed by atoms with Gasteiger partial charge in [0.05, 0.1) is 5.56 Å². The molecule has 6 nitrogen and oxygen atoms in total. The molecule has 1 aliphatic carbocycles. The Morgan fingerprint density at radius 3 is 2.78 bits per heavy atom. The fourth-order valence-electron chi connectivity index (χ4n) is 2.79. The van der Waals surface area contributed by atoms with Gasteiger partial charge < -0.3 is 14.8 Å². The van der Waals surface area contributed by atoms with Crippen LogP contribution in [0.5, 0.6) is 5.75 Å². The predicted octanol–water partition coefficient (Wildman–Crippen LogP) is 3.20. The number of halogens is 1.